The molecule has 0 aliphatic carbocycles. The van der Waals surface area contributed by atoms with Crippen LogP contribution in [0.3, 0.4) is 0 Å². The van der Waals surface area contributed by atoms with Gasteiger partial charge in [0.2, 0.25) is 0 Å². The van der Waals surface area contributed by atoms with Crippen molar-refractivity contribution in [2.45, 2.75) is 58.7 Å². The number of hydrogen-bond acceptors (Lipinski definition) is 3. The van der Waals surface area contributed by atoms with Gasteiger partial charge in [-0.15, -0.1) is 0 Å². The van der Waals surface area contributed by atoms with Crippen LogP contribution in [0.5, 0.6) is 0 Å². The summed E-state index contributed by atoms with van der Waals surface area (Å²) in [7, 11) is 1.76. The molecule has 2 atom stereocenters. The second-order valence-corrected chi connectivity index (χ2v) is 8.91. The van der Waals surface area contributed by atoms with Crippen molar-refractivity contribution in [1.29, 1.82) is 0 Å². The Labute approximate surface area is 157 Å². The van der Waals surface area contributed by atoms with E-state index in [2.05, 4.69) is 20.8 Å². The maximum atomic E-state index is 12.7. The van der Waals surface area contributed by atoms with E-state index < -0.39 is 6.09 Å². The molecule has 1 amide bonds. The van der Waals surface area contributed by atoms with Crippen molar-refractivity contribution in [2.75, 3.05) is 0 Å². The Bertz CT molecular complexity index is 1010. The molecule has 4 heterocycles. The monoisotopic (exact) mass is 370 g/mol. The van der Waals surface area contributed by atoms with Gasteiger partial charge in [-0.1, -0.05) is 26.8 Å². The first-order valence-electron chi connectivity index (χ1n) is 9.44. The smallest absolute Gasteiger partial charge is 0.408 e. The third-order valence-electron chi connectivity index (χ3n) is 5.56. The topological polar surface area (TPSA) is 80.4 Å². The van der Waals surface area contributed by atoms with E-state index in [0.717, 1.165) is 29.6 Å². The minimum Gasteiger partial charge on any atom is -0.465 e. The average Bonchev–Trinajstić information content (AvgIpc) is 2.99. The zero-order chi connectivity index (χ0) is 19.5. The standard InChI is InChI=1S/C20H26N4O3/c1-20(2,3)11-23-16-8-7-15(21-17(16)22(4)18(23)25)12-9-13-5-6-14(10-12)24(13)19(26)27/h7-9,13-14H,5-6,10-11H2,1-4H3,(H,26,27). The van der Waals surface area contributed by atoms with Crippen LogP contribution in [0.1, 0.15) is 45.7 Å². The predicted molar refractivity (Wildman–Crippen MR) is 104 cm³/mol. The molecule has 7 heteroatoms. The van der Waals surface area contributed by atoms with Gasteiger partial charge in [-0.3, -0.25) is 14.0 Å². The van der Waals surface area contributed by atoms with Gasteiger partial charge >= 0.3 is 11.8 Å². The van der Waals surface area contributed by atoms with Crippen LogP contribution in [-0.2, 0) is 13.6 Å². The summed E-state index contributed by atoms with van der Waals surface area (Å²) in [5.41, 5.74) is 3.37. The maximum absolute atomic E-state index is 12.7. The number of hydrogen-bond donors (Lipinski definition) is 1. The Morgan fingerprint density at radius 1 is 1.30 bits per heavy atom. The van der Waals surface area contributed by atoms with Crippen LogP contribution in [0.15, 0.2) is 23.0 Å². The summed E-state index contributed by atoms with van der Waals surface area (Å²) in [6.45, 7) is 6.95. The minimum atomic E-state index is -0.845. The third kappa shape index (κ3) is 2.95. The van der Waals surface area contributed by atoms with E-state index in [4.69, 9.17) is 4.98 Å². The van der Waals surface area contributed by atoms with Gasteiger partial charge in [0.25, 0.3) is 0 Å². The molecule has 2 aliphatic rings. The first-order valence-corrected chi connectivity index (χ1v) is 9.44. The quantitative estimate of drug-likeness (QED) is 0.881. The van der Waals surface area contributed by atoms with Crippen LogP contribution in [0.2, 0.25) is 0 Å². The van der Waals surface area contributed by atoms with E-state index in [1.54, 1.807) is 21.1 Å². The molecule has 4 rings (SSSR count). The zero-order valence-corrected chi connectivity index (χ0v) is 16.3. The number of fused-ring (bicyclic) bond motifs is 3. The highest BCUT2D eigenvalue weighted by molar-refractivity contribution is 5.77. The fourth-order valence-electron chi connectivity index (χ4n) is 4.40. The highest BCUT2D eigenvalue weighted by Crippen LogP contribution is 2.38. The van der Waals surface area contributed by atoms with E-state index in [1.165, 1.54) is 0 Å². The number of pyridine rings is 1. The molecule has 1 saturated heterocycles. The molecule has 144 valence electrons. The van der Waals surface area contributed by atoms with Crippen LogP contribution in [-0.4, -0.2) is 42.3 Å². The number of rotatable bonds is 2. The minimum absolute atomic E-state index is 0.0117. The van der Waals surface area contributed by atoms with Crippen molar-refractivity contribution in [2.24, 2.45) is 12.5 Å². The molecule has 1 fully saturated rings. The second kappa shape index (κ2) is 5.97. The van der Waals surface area contributed by atoms with Gasteiger partial charge in [-0.05, 0) is 42.4 Å². The van der Waals surface area contributed by atoms with Crippen molar-refractivity contribution in [3.63, 3.8) is 0 Å². The molecule has 2 aromatic heterocycles. The lowest BCUT2D eigenvalue weighted by molar-refractivity contribution is 0.128. The van der Waals surface area contributed by atoms with Crippen LogP contribution in [0, 0.1) is 5.41 Å². The van der Waals surface area contributed by atoms with Crippen LogP contribution < -0.4 is 5.69 Å². The number of carboxylic acid groups (broad SMARTS) is 1. The Kier molecular flexibility index (Phi) is 3.94. The Balaban J connectivity index is 1.75. The van der Waals surface area contributed by atoms with Gasteiger partial charge in [0.1, 0.15) is 0 Å². The van der Waals surface area contributed by atoms with Crippen molar-refractivity contribution >= 4 is 22.8 Å². The maximum Gasteiger partial charge on any atom is 0.408 e. The van der Waals surface area contributed by atoms with E-state index in [-0.39, 0.29) is 23.2 Å². The molecule has 0 aromatic carbocycles. The SMILES string of the molecule is Cn1c(=O)n(CC(C)(C)C)c2ccc(C3=CC4CCC(C3)N4C(=O)O)nc21. The molecule has 1 N–H and O–H groups in total. The van der Waals surface area contributed by atoms with Gasteiger partial charge in [0.05, 0.1) is 17.3 Å². The highest BCUT2D eigenvalue weighted by Gasteiger charge is 2.40. The van der Waals surface area contributed by atoms with Crippen LogP contribution in [0.4, 0.5) is 4.79 Å². The van der Waals surface area contributed by atoms with Gasteiger partial charge < -0.3 is 5.11 Å². The molecule has 2 aliphatic heterocycles. The summed E-state index contributed by atoms with van der Waals surface area (Å²) in [6.07, 6.45) is 3.62. The largest absolute Gasteiger partial charge is 0.465 e. The second-order valence-electron chi connectivity index (χ2n) is 8.91. The first kappa shape index (κ1) is 17.8. The summed E-state index contributed by atoms with van der Waals surface area (Å²) < 4.78 is 3.39. The summed E-state index contributed by atoms with van der Waals surface area (Å²) in [4.78, 5) is 30.5. The number of nitrogens with zero attached hydrogens (tertiary/aromatic N) is 4. The lowest BCUT2D eigenvalue weighted by atomic mass is 9.97. The molecular weight excluding hydrogens is 344 g/mol. The number of carbonyl (C=O) groups is 1. The molecule has 2 aromatic rings. The highest BCUT2D eigenvalue weighted by atomic mass is 16.4. The number of amides is 1. The van der Waals surface area contributed by atoms with Crippen molar-refractivity contribution in [1.82, 2.24) is 19.0 Å². The van der Waals surface area contributed by atoms with Crippen molar-refractivity contribution in [3.8, 4) is 0 Å². The molecular formula is C20H26N4O3. The van der Waals surface area contributed by atoms with Crippen LogP contribution in [0.25, 0.3) is 16.7 Å². The van der Waals surface area contributed by atoms with E-state index in [1.807, 2.05) is 18.2 Å². The normalized spacial score (nSPS) is 22.4. The van der Waals surface area contributed by atoms with Crippen molar-refractivity contribution < 1.29 is 9.90 Å². The van der Waals surface area contributed by atoms with Gasteiger partial charge in [-0.25, -0.2) is 14.6 Å². The summed E-state index contributed by atoms with van der Waals surface area (Å²) >= 11 is 0. The average molecular weight is 370 g/mol. The van der Waals surface area contributed by atoms with Crippen LogP contribution >= 0.6 is 0 Å². The number of aryl methyl sites for hydroxylation is 1. The van der Waals surface area contributed by atoms with E-state index >= 15 is 0 Å². The Morgan fingerprint density at radius 3 is 2.67 bits per heavy atom. The summed E-state index contributed by atoms with van der Waals surface area (Å²) in [6, 6.07) is 3.89. The Hall–Kier alpha value is -2.57. The molecule has 2 bridgehead atoms. The number of imidazole rings is 1. The van der Waals surface area contributed by atoms with E-state index in [9.17, 15) is 14.7 Å². The van der Waals surface area contributed by atoms with Gasteiger partial charge in [-0.2, -0.15) is 0 Å². The lowest BCUT2D eigenvalue weighted by Crippen LogP contribution is -2.42. The molecule has 0 saturated carbocycles. The van der Waals surface area contributed by atoms with Crippen molar-refractivity contribution in [3.05, 3.63) is 34.4 Å². The summed E-state index contributed by atoms with van der Waals surface area (Å²) in [5.74, 6) is 0. The third-order valence-corrected chi connectivity index (χ3v) is 5.56. The molecule has 0 spiro atoms. The Morgan fingerprint density at radius 2 is 2.04 bits per heavy atom. The zero-order valence-electron chi connectivity index (χ0n) is 16.3. The van der Waals surface area contributed by atoms with Gasteiger partial charge in [0, 0.05) is 19.6 Å². The molecule has 2 unspecified atom stereocenters. The fraction of sp³-hybridized carbons (Fsp3) is 0.550. The molecule has 0 radical (unpaired) electrons. The fourth-order valence-corrected chi connectivity index (χ4v) is 4.40. The lowest BCUT2D eigenvalue weighted by Gasteiger charge is -2.31. The molecule has 27 heavy (non-hydrogen) atoms. The molecule has 7 nitrogen and oxygen atoms in total. The predicted octanol–water partition coefficient (Wildman–Crippen LogP) is 3.08. The first-order chi connectivity index (χ1) is 12.7. The summed E-state index contributed by atoms with van der Waals surface area (Å²) in [5, 5.41) is 9.42. The van der Waals surface area contributed by atoms with Gasteiger partial charge in [0.15, 0.2) is 5.65 Å². The number of aromatic nitrogens is 3. The van der Waals surface area contributed by atoms with E-state index in [0.29, 0.717) is 18.6 Å².